The summed E-state index contributed by atoms with van der Waals surface area (Å²) in [4.78, 5) is 11.6. The van der Waals surface area contributed by atoms with Crippen LogP contribution in [0.15, 0.2) is 11.6 Å². The van der Waals surface area contributed by atoms with Crippen LogP contribution < -0.4 is 0 Å². The standard InChI is InChI=1S/C29H44O2.C3H8/c1-6-27(30)31-23-15-17-29(5)22(19-23)11-13-24-25-14-12-21(10-8-7-9-20(2)3)28(25,4)18-16-26(24)29;1-3-2/h1,11,20-21,23-26H,7-10,12-19H2,2-5H3;3H2,1-2H3. The van der Waals surface area contributed by atoms with Crippen LogP contribution in [-0.2, 0) is 9.53 Å². The fourth-order valence-electron chi connectivity index (χ4n) is 8.44. The minimum Gasteiger partial charge on any atom is -0.452 e. The fourth-order valence-corrected chi connectivity index (χ4v) is 8.44. The first kappa shape index (κ1) is 27.4. The van der Waals surface area contributed by atoms with Crippen molar-refractivity contribution in [1.82, 2.24) is 0 Å². The van der Waals surface area contributed by atoms with Crippen molar-refractivity contribution in [2.24, 2.45) is 40.4 Å². The number of ether oxygens (including phenoxy) is 1. The van der Waals surface area contributed by atoms with Crippen LogP contribution in [0.5, 0.6) is 0 Å². The van der Waals surface area contributed by atoms with Crippen LogP contribution in [0.1, 0.15) is 125 Å². The highest BCUT2D eigenvalue weighted by Gasteiger charge is 2.58. The van der Waals surface area contributed by atoms with E-state index in [1.807, 2.05) is 0 Å². The summed E-state index contributed by atoms with van der Waals surface area (Å²) >= 11 is 0. The van der Waals surface area contributed by atoms with Gasteiger partial charge in [-0.3, -0.25) is 0 Å². The van der Waals surface area contributed by atoms with Gasteiger partial charge in [0.05, 0.1) is 0 Å². The molecule has 0 radical (unpaired) electrons. The second-order valence-electron chi connectivity index (χ2n) is 12.9. The molecule has 0 aromatic heterocycles. The Balaban J connectivity index is 0.00000103. The molecule has 3 saturated carbocycles. The van der Waals surface area contributed by atoms with Crippen LogP contribution in [-0.4, -0.2) is 12.1 Å². The van der Waals surface area contributed by atoms with Crippen LogP contribution in [0.2, 0.25) is 0 Å². The molecule has 7 atom stereocenters. The third-order valence-corrected chi connectivity index (χ3v) is 10.2. The molecule has 0 amide bonds. The third-order valence-electron chi connectivity index (χ3n) is 10.2. The normalized spacial score (nSPS) is 38.4. The Labute approximate surface area is 211 Å². The molecular weight excluding hydrogens is 416 g/mol. The van der Waals surface area contributed by atoms with Gasteiger partial charge in [-0.25, -0.2) is 4.79 Å². The van der Waals surface area contributed by atoms with Crippen molar-refractivity contribution >= 4 is 5.97 Å². The van der Waals surface area contributed by atoms with Gasteiger partial charge in [0, 0.05) is 12.3 Å². The molecular formula is C32H52O2. The molecule has 2 heteroatoms. The zero-order chi connectivity index (χ0) is 24.9. The quantitative estimate of drug-likeness (QED) is 0.128. The van der Waals surface area contributed by atoms with E-state index in [1.54, 1.807) is 5.57 Å². The maximum absolute atomic E-state index is 11.6. The number of hydrogen-bond donors (Lipinski definition) is 0. The smallest absolute Gasteiger partial charge is 0.384 e. The molecule has 0 heterocycles. The van der Waals surface area contributed by atoms with Crippen LogP contribution in [0, 0.1) is 52.8 Å². The SMILES string of the molecule is C#CC(=O)OC1CCC2(C)C(=CCC3C2CCC2(C)C(CCCCC(C)C)CCC32)C1.CCC. The number of hydrogen-bond acceptors (Lipinski definition) is 2. The molecule has 4 aliphatic carbocycles. The van der Waals surface area contributed by atoms with Gasteiger partial charge in [-0.15, -0.1) is 6.42 Å². The highest BCUT2D eigenvalue weighted by molar-refractivity contribution is 5.87. The second kappa shape index (κ2) is 11.7. The van der Waals surface area contributed by atoms with Crippen LogP contribution >= 0.6 is 0 Å². The number of esters is 1. The molecule has 0 saturated heterocycles. The van der Waals surface area contributed by atoms with Gasteiger partial charge in [0.2, 0.25) is 0 Å². The number of unbranched alkanes of at least 4 members (excludes halogenated alkanes) is 1. The Morgan fingerprint density at radius 3 is 2.53 bits per heavy atom. The Morgan fingerprint density at radius 2 is 1.85 bits per heavy atom. The monoisotopic (exact) mass is 468 g/mol. The van der Waals surface area contributed by atoms with Gasteiger partial charge < -0.3 is 4.74 Å². The Morgan fingerprint density at radius 1 is 1.12 bits per heavy atom. The number of rotatable bonds is 6. The van der Waals surface area contributed by atoms with E-state index in [0.717, 1.165) is 48.9 Å². The molecule has 4 aliphatic rings. The average Bonchev–Trinajstić information content (AvgIpc) is 3.13. The number of allylic oxidation sites excluding steroid dienone is 1. The minimum absolute atomic E-state index is 0.0185. The topological polar surface area (TPSA) is 26.3 Å². The van der Waals surface area contributed by atoms with Gasteiger partial charge >= 0.3 is 5.97 Å². The molecule has 2 nitrogen and oxygen atoms in total. The lowest BCUT2D eigenvalue weighted by Gasteiger charge is -2.58. The number of fused-ring (bicyclic) bond motifs is 5. The molecule has 4 rings (SSSR count). The first-order valence-electron chi connectivity index (χ1n) is 14.6. The van der Waals surface area contributed by atoms with E-state index < -0.39 is 5.97 Å². The summed E-state index contributed by atoms with van der Waals surface area (Å²) in [6.45, 7) is 14.1. The van der Waals surface area contributed by atoms with E-state index >= 15 is 0 Å². The van der Waals surface area contributed by atoms with Crippen molar-refractivity contribution < 1.29 is 9.53 Å². The molecule has 0 bridgehead atoms. The summed E-state index contributed by atoms with van der Waals surface area (Å²) in [6, 6.07) is 0. The predicted octanol–water partition coefficient (Wildman–Crippen LogP) is 8.74. The van der Waals surface area contributed by atoms with Crippen molar-refractivity contribution in [3.63, 3.8) is 0 Å². The Bertz CT molecular complexity index is 757. The number of carbonyl (C=O) groups excluding carboxylic acids is 1. The van der Waals surface area contributed by atoms with E-state index in [0.29, 0.717) is 10.8 Å². The third kappa shape index (κ3) is 5.60. The highest BCUT2D eigenvalue weighted by atomic mass is 16.5. The van der Waals surface area contributed by atoms with E-state index in [2.05, 4.69) is 53.5 Å². The lowest BCUT2D eigenvalue weighted by Crippen LogP contribution is -2.50. The average molecular weight is 469 g/mol. The largest absolute Gasteiger partial charge is 0.452 e. The van der Waals surface area contributed by atoms with Crippen LogP contribution in [0.4, 0.5) is 0 Å². The maximum atomic E-state index is 11.6. The molecule has 192 valence electrons. The zero-order valence-electron chi connectivity index (χ0n) is 23.1. The van der Waals surface area contributed by atoms with E-state index in [9.17, 15) is 4.79 Å². The first-order valence-corrected chi connectivity index (χ1v) is 14.6. The number of carbonyl (C=O) groups is 1. The first-order chi connectivity index (χ1) is 16.2. The van der Waals surface area contributed by atoms with Crippen molar-refractivity contribution in [2.45, 2.75) is 131 Å². The minimum atomic E-state index is -0.498. The van der Waals surface area contributed by atoms with Gasteiger partial charge in [-0.05, 0) is 91.8 Å². The van der Waals surface area contributed by atoms with Crippen molar-refractivity contribution in [1.29, 1.82) is 0 Å². The van der Waals surface area contributed by atoms with Gasteiger partial charge in [0.25, 0.3) is 0 Å². The van der Waals surface area contributed by atoms with E-state index in [1.165, 1.54) is 64.2 Å². The summed E-state index contributed by atoms with van der Waals surface area (Å²) in [5, 5.41) is 0. The molecule has 0 aliphatic heterocycles. The molecule has 0 N–H and O–H groups in total. The summed E-state index contributed by atoms with van der Waals surface area (Å²) in [6.07, 6.45) is 24.7. The highest BCUT2D eigenvalue weighted by Crippen LogP contribution is 2.66. The van der Waals surface area contributed by atoms with E-state index in [-0.39, 0.29) is 6.10 Å². The summed E-state index contributed by atoms with van der Waals surface area (Å²) < 4.78 is 5.52. The zero-order valence-corrected chi connectivity index (χ0v) is 23.1. The predicted molar refractivity (Wildman–Crippen MR) is 143 cm³/mol. The molecule has 0 aromatic carbocycles. The molecule has 7 unspecified atom stereocenters. The van der Waals surface area contributed by atoms with E-state index in [4.69, 9.17) is 11.2 Å². The van der Waals surface area contributed by atoms with Crippen molar-refractivity contribution in [3.8, 4) is 12.3 Å². The molecule has 0 spiro atoms. The molecule has 0 aromatic rings. The lowest BCUT2D eigenvalue weighted by molar-refractivity contribution is -0.144. The Hall–Kier alpha value is -1.23. The molecule has 34 heavy (non-hydrogen) atoms. The second-order valence-corrected chi connectivity index (χ2v) is 12.9. The molecule has 3 fully saturated rings. The van der Waals surface area contributed by atoms with Crippen LogP contribution in [0.25, 0.3) is 0 Å². The van der Waals surface area contributed by atoms with Gasteiger partial charge in [-0.2, -0.15) is 0 Å². The lowest BCUT2D eigenvalue weighted by atomic mass is 9.47. The summed E-state index contributed by atoms with van der Waals surface area (Å²) in [5.74, 6) is 5.99. The fraction of sp³-hybridized carbons (Fsp3) is 0.844. The van der Waals surface area contributed by atoms with Crippen LogP contribution in [0.3, 0.4) is 0 Å². The van der Waals surface area contributed by atoms with Gasteiger partial charge in [0.1, 0.15) is 6.10 Å². The Kier molecular flexibility index (Phi) is 9.39. The van der Waals surface area contributed by atoms with Gasteiger partial charge in [-0.1, -0.05) is 78.9 Å². The summed E-state index contributed by atoms with van der Waals surface area (Å²) in [7, 11) is 0. The number of terminal acetylenes is 1. The van der Waals surface area contributed by atoms with Gasteiger partial charge in [0.15, 0.2) is 0 Å². The van der Waals surface area contributed by atoms with Crippen molar-refractivity contribution in [2.75, 3.05) is 0 Å². The summed E-state index contributed by atoms with van der Waals surface area (Å²) in [5.41, 5.74) is 2.43. The maximum Gasteiger partial charge on any atom is 0.384 e. The van der Waals surface area contributed by atoms with Crippen molar-refractivity contribution in [3.05, 3.63) is 11.6 Å².